The molecule has 1 radical (unpaired) electrons. The second-order valence-corrected chi connectivity index (χ2v) is 7.66. The summed E-state index contributed by atoms with van der Waals surface area (Å²) in [5.41, 5.74) is 1.83. The van der Waals surface area contributed by atoms with E-state index in [4.69, 9.17) is 0 Å². The minimum absolute atomic E-state index is 0.602. The predicted molar refractivity (Wildman–Crippen MR) is 91.6 cm³/mol. The Morgan fingerprint density at radius 3 is 2.50 bits per heavy atom. The summed E-state index contributed by atoms with van der Waals surface area (Å²) in [7, 11) is 0. The van der Waals surface area contributed by atoms with Gasteiger partial charge in [0.25, 0.3) is 0 Å². The lowest BCUT2D eigenvalue weighted by Crippen LogP contribution is -2.41. The summed E-state index contributed by atoms with van der Waals surface area (Å²) >= 11 is 0. The van der Waals surface area contributed by atoms with Crippen molar-refractivity contribution in [3.05, 3.63) is 31.2 Å². The third kappa shape index (κ3) is 5.11. The maximum Gasteiger partial charge on any atom is 0.00715 e. The van der Waals surface area contributed by atoms with Crippen LogP contribution in [0.25, 0.3) is 0 Å². The van der Waals surface area contributed by atoms with E-state index in [0.29, 0.717) is 5.41 Å². The Morgan fingerprint density at radius 2 is 2.00 bits per heavy atom. The lowest BCUT2D eigenvalue weighted by atomic mass is 9.54. The summed E-state index contributed by atoms with van der Waals surface area (Å²) in [5, 5.41) is 0. The zero-order valence-corrected chi connectivity index (χ0v) is 14.3. The highest BCUT2D eigenvalue weighted by molar-refractivity contribution is 5.15. The molecule has 20 heavy (non-hydrogen) atoms. The molecule has 0 saturated heterocycles. The van der Waals surface area contributed by atoms with Crippen LogP contribution in [0.2, 0.25) is 0 Å². The fourth-order valence-electron chi connectivity index (χ4n) is 3.85. The summed E-state index contributed by atoms with van der Waals surface area (Å²) in [5.74, 6) is 2.71. The maximum atomic E-state index is 4.08. The third-order valence-electron chi connectivity index (χ3n) is 5.41. The molecular weight excluding hydrogens is 240 g/mol. The van der Waals surface area contributed by atoms with E-state index in [2.05, 4.69) is 40.9 Å². The SMILES string of the molecule is C=C[CH]C(=C)CCCC1(C)CCC1[C@H](C)CCC(C)C. The van der Waals surface area contributed by atoms with Crippen LogP contribution in [0.1, 0.15) is 72.6 Å². The summed E-state index contributed by atoms with van der Waals surface area (Å²) in [6.07, 6.45) is 13.4. The highest BCUT2D eigenvalue weighted by Crippen LogP contribution is 2.54. The molecule has 0 N–H and O–H groups in total. The van der Waals surface area contributed by atoms with Crippen molar-refractivity contribution in [2.75, 3.05) is 0 Å². The van der Waals surface area contributed by atoms with Crippen molar-refractivity contribution in [1.82, 2.24) is 0 Å². The molecule has 0 spiro atoms. The van der Waals surface area contributed by atoms with Gasteiger partial charge in [0.2, 0.25) is 0 Å². The van der Waals surface area contributed by atoms with Gasteiger partial charge in [0.15, 0.2) is 0 Å². The first kappa shape index (κ1) is 17.5. The molecule has 0 aromatic rings. The first-order valence-corrected chi connectivity index (χ1v) is 8.52. The van der Waals surface area contributed by atoms with Gasteiger partial charge in [-0.15, -0.1) is 6.58 Å². The second-order valence-electron chi connectivity index (χ2n) is 7.66. The van der Waals surface area contributed by atoms with Crippen LogP contribution < -0.4 is 0 Å². The highest BCUT2D eigenvalue weighted by Gasteiger charge is 2.44. The van der Waals surface area contributed by atoms with Gasteiger partial charge in [-0.25, -0.2) is 0 Å². The van der Waals surface area contributed by atoms with Crippen molar-refractivity contribution in [3.8, 4) is 0 Å². The Morgan fingerprint density at radius 1 is 1.30 bits per heavy atom. The molecule has 0 heteroatoms. The standard InChI is InChI=1S/C20H35/c1-7-9-17(4)10-8-14-20(6)15-13-19(20)18(5)12-11-16(2)3/h7,9,16,18-19H,1,4,8,10-15H2,2-3,5-6H3/t18-,19?,20?/m1/s1. The summed E-state index contributed by atoms with van der Waals surface area (Å²) in [6.45, 7) is 17.5. The molecule has 0 heterocycles. The fraction of sp³-hybridized carbons (Fsp3) is 0.750. The maximum absolute atomic E-state index is 4.08. The number of hydrogen-bond acceptors (Lipinski definition) is 0. The van der Waals surface area contributed by atoms with E-state index < -0.39 is 0 Å². The van der Waals surface area contributed by atoms with Gasteiger partial charge in [-0.05, 0) is 55.3 Å². The molecule has 0 aromatic carbocycles. The van der Waals surface area contributed by atoms with Crippen LogP contribution in [0.5, 0.6) is 0 Å². The Balaban J connectivity index is 2.33. The van der Waals surface area contributed by atoms with Crippen molar-refractivity contribution in [2.24, 2.45) is 23.2 Å². The van der Waals surface area contributed by atoms with Crippen molar-refractivity contribution in [3.63, 3.8) is 0 Å². The molecule has 115 valence electrons. The van der Waals surface area contributed by atoms with Gasteiger partial charge < -0.3 is 0 Å². The Labute approximate surface area is 127 Å². The molecule has 1 aliphatic rings. The van der Waals surface area contributed by atoms with Crippen LogP contribution >= 0.6 is 0 Å². The zero-order chi connectivity index (χ0) is 15.2. The van der Waals surface area contributed by atoms with E-state index >= 15 is 0 Å². The second kappa shape index (κ2) is 8.05. The summed E-state index contributed by atoms with van der Waals surface area (Å²) in [4.78, 5) is 0. The Bertz CT molecular complexity index is 312. The van der Waals surface area contributed by atoms with Gasteiger partial charge in [-0.3, -0.25) is 0 Å². The zero-order valence-electron chi connectivity index (χ0n) is 14.3. The minimum atomic E-state index is 0.602. The van der Waals surface area contributed by atoms with Gasteiger partial charge >= 0.3 is 0 Å². The molecule has 1 rings (SSSR count). The molecular formula is C20H35. The largest absolute Gasteiger partial charge is 0.102 e. The molecule has 1 fully saturated rings. The molecule has 0 bridgehead atoms. The van der Waals surface area contributed by atoms with Gasteiger partial charge in [0.1, 0.15) is 0 Å². The first-order chi connectivity index (χ1) is 9.39. The van der Waals surface area contributed by atoms with Crippen LogP contribution in [0.3, 0.4) is 0 Å². The van der Waals surface area contributed by atoms with Crippen molar-refractivity contribution in [2.45, 2.75) is 72.6 Å². The molecule has 0 aliphatic heterocycles. The van der Waals surface area contributed by atoms with Crippen molar-refractivity contribution in [1.29, 1.82) is 0 Å². The highest BCUT2D eigenvalue weighted by atomic mass is 14.5. The molecule has 1 saturated carbocycles. The van der Waals surface area contributed by atoms with Crippen LogP contribution in [0, 0.1) is 29.6 Å². The fourth-order valence-corrected chi connectivity index (χ4v) is 3.85. The average molecular weight is 276 g/mol. The smallest absolute Gasteiger partial charge is 0.00715 e. The van der Waals surface area contributed by atoms with Gasteiger partial charge in [-0.1, -0.05) is 58.8 Å². The molecule has 3 atom stereocenters. The summed E-state index contributed by atoms with van der Waals surface area (Å²) in [6, 6.07) is 0. The normalized spacial score (nSPS) is 27.1. The van der Waals surface area contributed by atoms with E-state index in [-0.39, 0.29) is 0 Å². The van der Waals surface area contributed by atoms with Crippen LogP contribution in [-0.2, 0) is 0 Å². The number of hydrogen-bond donors (Lipinski definition) is 0. The van der Waals surface area contributed by atoms with Crippen LogP contribution in [-0.4, -0.2) is 0 Å². The van der Waals surface area contributed by atoms with E-state index in [0.717, 1.165) is 24.2 Å². The Hall–Kier alpha value is -0.520. The molecule has 0 nitrogen and oxygen atoms in total. The summed E-state index contributed by atoms with van der Waals surface area (Å²) < 4.78 is 0. The van der Waals surface area contributed by atoms with Crippen LogP contribution in [0.4, 0.5) is 0 Å². The lowest BCUT2D eigenvalue weighted by Gasteiger charge is -2.51. The van der Waals surface area contributed by atoms with E-state index in [1.54, 1.807) is 0 Å². The molecule has 2 unspecified atom stereocenters. The number of rotatable bonds is 10. The van der Waals surface area contributed by atoms with Gasteiger partial charge in [-0.2, -0.15) is 0 Å². The quantitative estimate of drug-likeness (QED) is 0.422. The minimum Gasteiger partial charge on any atom is -0.102 e. The Kier molecular flexibility index (Phi) is 7.06. The van der Waals surface area contributed by atoms with E-state index in [1.807, 2.05) is 12.5 Å². The topological polar surface area (TPSA) is 0 Å². The predicted octanol–water partition coefficient (Wildman–Crippen LogP) is 6.59. The van der Waals surface area contributed by atoms with Crippen LogP contribution in [0.15, 0.2) is 24.8 Å². The van der Waals surface area contributed by atoms with E-state index in [9.17, 15) is 0 Å². The molecule has 1 aliphatic carbocycles. The average Bonchev–Trinajstić information content (AvgIpc) is 2.35. The number of allylic oxidation sites excluding steroid dienone is 2. The van der Waals surface area contributed by atoms with Gasteiger partial charge in [0.05, 0.1) is 0 Å². The van der Waals surface area contributed by atoms with Crippen molar-refractivity contribution < 1.29 is 0 Å². The molecule has 0 amide bonds. The molecule has 0 aromatic heterocycles. The first-order valence-electron chi connectivity index (χ1n) is 8.52. The lowest BCUT2D eigenvalue weighted by molar-refractivity contribution is -0.00548. The van der Waals surface area contributed by atoms with E-state index in [1.165, 1.54) is 44.1 Å². The van der Waals surface area contributed by atoms with Gasteiger partial charge in [0, 0.05) is 6.42 Å². The monoisotopic (exact) mass is 275 g/mol. The van der Waals surface area contributed by atoms with Crippen molar-refractivity contribution >= 4 is 0 Å². The third-order valence-corrected chi connectivity index (χ3v) is 5.41.